The van der Waals surface area contributed by atoms with Gasteiger partial charge in [-0.2, -0.15) is 0 Å². The molecule has 1 fully saturated rings. The monoisotopic (exact) mass is 410 g/mol. The van der Waals surface area contributed by atoms with E-state index in [4.69, 9.17) is 0 Å². The molecule has 2 aromatic carbocycles. The number of nitrogens with one attached hydrogen (secondary N) is 1. The molecule has 1 saturated carbocycles. The zero-order valence-corrected chi connectivity index (χ0v) is 16.9. The Morgan fingerprint density at radius 3 is 2.55 bits per heavy atom. The highest BCUT2D eigenvalue weighted by Gasteiger charge is 2.27. The summed E-state index contributed by atoms with van der Waals surface area (Å²) in [6.07, 6.45) is 5.60. The van der Waals surface area contributed by atoms with E-state index in [1.807, 2.05) is 35.2 Å². The van der Waals surface area contributed by atoms with Crippen LogP contribution < -0.4 is 4.90 Å². The van der Waals surface area contributed by atoms with Crippen LogP contribution in [0.25, 0.3) is 11.4 Å². The maximum absolute atomic E-state index is 13.9. The van der Waals surface area contributed by atoms with Crippen LogP contribution in [0.1, 0.15) is 32.1 Å². The molecule has 1 amide bonds. The largest absolute Gasteiger partial charge is 0.309 e. The number of H-pyrrole nitrogens is 1. The SMILES string of the molecule is O=C(CSc1n[nH]c(-c2ccccc2F)n1)N(c1ccccc1)C1CCCCC1. The molecule has 0 aliphatic heterocycles. The first-order valence-corrected chi connectivity index (χ1v) is 10.9. The van der Waals surface area contributed by atoms with Crippen LogP contribution in [0.4, 0.5) is 10.1 Å². The Morgan fingerprint density at radius 1 is 1.07 bits per heavy atom. The van der Waals surface area contributed by atoms with Crippen molar-refractivity contribution in [3.63, 3.8) is 0 Å². The Morgan fingerprint density at radius 2 is 1.79 bits per heavy atom. The Kier molecular flexibility index (Phi) is 6.24. The molecule has 0 atom stereocenters. The predicted molar refractivity (Wildman–Crippen MR) is 113 cm³/mol. The van der Waals surface area contributed by atoms with E-state index in [1.165, 1.54) is 24.2 Å². The molecule has 29 heavy (non-hydrogen) atoms. The molecule has 0 bridgehead atoms. The molecule has 0 radical (unpaired) electrons. The van der Waals surface area contributed by atoms with Crippen LogP contribution in [0.15, 0.2) is 59.8 Å². The number of nitrogens with zero attached hydrogens (tertiary/aromatic N) is 3. The summed E-state index contributed by atoms with van der Waals surface area (Å²) >= 11 is 1.27. The first-order valence-electron chi connectivity index (χ1n) is 9.89. The minimum absolute atomic E-state index is 0.0466. The van der Waals surface area contributed by atoms with Crippen LogP contribution >= 0.6 is 11.8 Å². The van der Waals surface area contributed by atoms with E-state index in [2.05, 4.69) is 15.2 Å². The van der Waals surface area contributed by atoms with Crippen LogP contribution in [0.3, 0.4) is 0 Å². The summed E-state index contributed by atoms with van der Waals surface area (Å²) in [5.41, 5.74) is 1.30. The van der Waals surface area contributed by atoms with E-state index < -0.39 is 0 Å². The smallest absolute Gasteiger partial charge is 0.237 e. The highest BCUT2D eigenvalue weighted by Crippen LogP contribution is 2.29. The second-order valence-corrected chi connectivity index (χ2v) is 8.07. The van der Waals surface area contributed by atoms with Crippen LogP contribution in [0.2, 0.25) is 0 Å². The molecule has 4 rings (SSSR count). The molecule has 7 heteroatoms. The number of benzene rings is 2. The van der Waals surface area contributed by atoms with E-state index in [9.17, 15) is 9.18 Å². The lowest BCUT2D eigenvalue weighted by molar-refractivity contribution is -0.116. The number of aromatic amines is 1. The van der Waals surface area contributed by atoms with Crippen LogP contribution in [0.5, 0.6) is 0 Å². The summed E-state index contributed by atoms with van der Waals surface area (Å²) in [6.45, 7) is 0. The lowest BCUT2D eigenvalue weighted by Crippen LogP contribution is -2.42. The zero-order valence-electron chi connectivity index (χ0n) is 16.1. The van der Waals surface area contributed by atoms with Crippen molar-refractivity contribution in [2.45, 2.75) is 43.3 Å². The summed E-state index contributed by atoms with van der Waals surface area (Å²) in [5.74, 6) is 0.291. The lowest BCUT2D eigenvalue weighted by atomic mass is 9.93. The summed E-state index contributed by atoms with van der Waals surface area (Å²) in [6, 6.07) is 16.5. The van der Waals surface area contributed by atoms with E-state index in [1.54, 1.807) is 18.2 Å². The van der Waals surface area contributed by atoms with Gasteiger partial charge in [0, 0.05) is 11.7 Å². The molecule has 1 N–H and O–H groups in total. The molecule has 5 nitrogen and oxygen atoms in total. The normalized spacial score (nSPS) is 14.7. The van der Waals surface area contributed by atoms with Crippen molar-refractivity contribution in [2.75, 3.05) is 10.7 Å². The van der Waals surface area contributed by atoms with Gasteiger partial charge in [0.25, 0.3) is 0 Å². The van der Waals surface area contributed by atoms with Gasteiger partial charge in [-0.3, -0.25) is 9.89 Å². The highest BCUT2D eigenvalue weighted by molar-refractivity contribution is 7.99. The van der Waals surface area contributed by atoms with Crippen molar-refractivity contribution in [3.8, 4) is 11.4 Å². The minimum atomic E-state index is -0.358. The van der Waals surface area contributed by atoms with Crippen molar-refractivity contribution in [1.82, 2.24) is 15.2 Å². The van der Waals surface area contributed by atoms with Gasteiger partial charge in [-0.15, -0.1) is 5.10 Å². The summed E-state index contributed by atoms with van der Waals surface area (Å²) < 4.78 is 13.9. The van der Waals surface area contributed by atoms with Crippen molar-refractivity contribution in [2.24, 2.45) is 0 Å². The van der Waals surface area contributed by atoms with Gasteiger partial charge in [-0.05, 0) is 37.1 Å². The number of carbonyl (C=O) groups is 1. The van der Waals surface area contributed by atoms with Crippen molar-refractivity contribution >= 4 is 23.4 Å². The van der Waals surface area contributed by atoms with Gasteiger partial charge in [0.05, 0.1) is 11.3 Å². The van der Waals surface area contributed by atoms with Gasteiger partial charge in [0.15, 0.2) is 5.82 Å². The molecule has 150 valence electrons. The Bertz CT molecular complexity index is 956. The van der Waals surface area contributed by atoms with Gasteiger partial charge >= 0.3 is 0 Å². The third kappa shape index (κ3) is 4.67. The molecule has 3 aromatic rings. The minimum Gasteiger partial charge on any atom is -0.309 e. The average Bonchev–Trinajstić information content (AvgIpc) is 3.23. The first kappa shape index (κ1) is 19.6. The Balaban J connectivity index is 1.46. The Labute approximate surface area is 173 Å². The number of hydrogen-bond donors (Lipinski definition) is 1. The molecule has 0 spiro atoms. The molecule has 1 aliphatic rings. The number of aromatic nitrogens is 3. The summed E-state index contributed by atoms with van der Waals surface area (Å²) in [4.78, 5) is 19.4. The maximum atomic E-state index is 13.9. The fourth-order valence-electron chi connectivity index (χ4n) is 3.77. The molecule has 1 heterocycles. The highest BCUT2D eigenvalue weighted by atomic mass is 32.2. The predicted octanol–water partition coefficient (Wildman–Crippen LogP) is 5.07. The molecule has 0 saturated heterocycles. The van der Waals surface area contributed by atoms with Gasteiger partial charge in [-0.1, -0.05) is 61.4 Å². The zero-order chi connectivity index (χ0) is 20.1. The second kappa shape index (κ2) is 9.22. The first-order chi connectivity index (χ1) is 14.2. The van der Waals surface area contributed by atoms with Gasteiger partial charge in [-0.25, -0.2) is 9.37 Å². The molecular weight excluding hydrogens is 387 g/mol. The van der Waals surface area contributed by atoms with E-state index >= 15 is 0 Å². The number of rotatable bonds is 6. The number of amides is 1. The quantitative estimate of drug-likeness (QED) is 0.577. The van der Waals surface area contributed by atoms with E-state index in [0.29, 0.717) is 16.5 Å². The number of para-hydroxylation sites is 1. The fraction of sp³-hybridized carbons (Fsp3) is 0.318. The van der Waals surface area contributed by atoms with Crippen molar-refractivity contribution < 1.29 is 9.18 Å². The maximum Gasteiger partial charge on any atom is 0.237 e. The summed E-state index contributed by atoms with van der Waals surface area (Å²) in [7, 11) is 0. The van der Waals surface area contributed by atoms with Crippen molar-refractivity contribution in [1.29, 1.82) is 0 Å². The van der Waals surface area contributed by atoms with Gasteiger partial charge < -0.3 is 4.90 Å². The fourth-order valence-corrected chi connectivity index (χ4v) is 4.42. The number of anilines is 1. The summed E-state index contributed by atoms with van der Waals surface area (Å²) in [5, 5.41) is 7.34. The number of thioether (sulfide) groups is 1. The molecule has 1 aliphatic carbocycles. The third-order valence-electron chi connectivity index (χ3n) is 5.16. The van der Waals surface area contributed by atoms with Crippen LogP contribution in [-0.4, -0.2) is 32.9 Å². The van der Waals surface area contributed by atoms with Crippen molar-refractivity contribution in [3.05, 3.63) is 60.4 Å². The van der Waals surface area contributed by atoms with Gasteiger partial charge in [0.1, 0.15) is 5.82 Å². The number of carbonyl (C=O) groups excluding carboxylic acids is 1. The second-order valence-electron chi connectivity index (χ2n) is 7.13. The molecule has 0 unspecified atom stereocenters. The lowest BCUT2D eigenvalue weighted by Gasteiger charge is -2.34. The standard InChI is InChI=1S/C22H23FN4OS/c23-19-14-8-7-13-18(19)21-24-22(26-25-21)29-15-20(28)27(16-9-3-1-4-10-16)17-11-5-2-6-12-17/h1,3-4,7-10,13-14,17H,2,5-6,11-12,15H2,(H,24,25,26). The molecular formula is C22H23FN4OS. The Hall–Kier alpha value is -2.67. The van der Waals surface area contributed by atoms with E-state index in [-0.39, 0.29) is 23.5 Å². The van der Waals surface area contributed by atoms with Gasteiger partial charge in [0.2, 0.25) is 11.1 Å². The number of hydrogen-bond acceptors (Lipinski definition) is 4. The van der Waals surface area contributed by atoms with Crippen LogP contribution in [0, 0.1) is 5.82 Å². The van der Waals surface area contributed by atoms with Crippen LogP contribution in [-0.2, 0) is 4.79 Å². The topological polar surface area (TPSA) is 61.9 Å². The number of halogens is 1. The molecule has 1 aromatic heterocycles. The van der Waals surface area contributed by atoms with E-state index in [0.717, 1.165) is 31.4 Å². The third-order valence-corrected chi connectivity index (χ3v) is 5.99. The average molecular weight is 411 g/mol.